The van der Waals surface area contributed by atoms with Crippen LogP contribution in [0.1, 0.15) is 49.1 Å². The number of aliphatic hydroxyl groups excluding tert-OH is 1. The lowest BCUT2D eigenvalue weighted by Crippen LogP contribution is -2.51. The molecule has 0 bridgehead atoms. The molecule has 3 aromatic rings. The highest BCUT2D eigenvalue weighted by Gasteiger charge is 2.30. The highest BCUT2D eigenvalue weighted by molar-refractivity contribution is 5.82. The minimum absolute atomic E-state index is 0.135. The van der Waals surface area contributed by atoms with Crippen LogP contribution in [0.25, 0.3) is 16.7 Å². The quantitative estimate of drug-likeness (QED) is 0.330. The van der Waals surface area contributed by atoms with Gasteiger partial charge >= 0.3 is 0 Å². The van der Waals surface area contributed by atoms with Gasteiger partial charge in [-0.05, 0) is 75.4 Å². The molecule has 2 fully saturated rings. The Morgan fingerprint density at radius 1 is 1.19 bits per heavy atom. The molecule has 0 radical (unpaired) electrons. The van der Waals surface area contributed by atoms with Crippen molar-refractivity contribution in [2.75, 3.05) is 46.1 Å². The van der Waals surface area contributed by atoms with E-state index in [1.165, 1.54) is 24.0 Å². The van der Waals surface area contributed by atoms with Gasteiger partial charge in [0.25, 0.3) is 0 Å². The summed E-state index contributed by atoms with van der Waals surface area (Å²) in [6.07, 6.45) is 6.84. The molecule has 5 rings (SSSR count). The van der Waals surface area contributed by atoms with E-state index in [2.05, 4.69) is 44.0 Å². The summed E-state index contributed by atoms with van der Waals surface area (Å²) in [6.45, 7) is 11.2. The maximum absolute atomic E-state index is 9.29. The van der Waals surface area contributed by atoms with Crippen LogP contribution >= 0.6 is 0 Å². The molecule has 0 saturated carbocycles. The number of benzene rings is 1. The predicted molar refractivity (Wildman–Crippen MR) is 144 cm³/mol. The Bertz CT molecular complexity index is 1230. The summed E-state index contributed by atoms with van der Waals surface area (Å²) in [7, 11) is 0. The average Bonchev–Trinajstić information content (AvgIpc) is 3.27. The van der Waals surface area contributed by atoms with E-state index in [1.807, 2.05) is 30.8 Å². The largest absolute Gasteiger partial charge is 0.396 e. The Kier molecular flexibility index (Phi) is 8.24. The van der Waals surface area contributed by atoms with Crippen LogP contribution in [0.3, 0.4) is 0 Å². The summed E-state index contributed by atoms with van der Waals surface area (Å²) in [5.74, 6) is 2.63. The maximum Gasteiger partial charge on any atom is 0.159 e. The molecular formula is C28H38N6O3. The first-order valence-electron chi connectivity index (χ1n) is 13.4. The van der Waals surface area contributed by atoms with Crippen molar-refractivity contribution in [1.82, 2.24) is 24.6 Å². The Hall–Kier alpha value is -2.72. The molecule has 2 aromatic heterocycles. The first-order valence-corrected chi connectivity index (χ1v) is 13.4. The van der Waals surface area contributed by atoms with E-state index in [1.54, 1.807) is 6.21 Å². The van der Waals surface area contributed by atoms with Gasteiger partial charge in [-0.15, -0.1) is 0 Å². The van der Waals surface area contributed by atoms with E-state index in [9.17, 15) is 5.11 Å². The van der Waals surface area contributed by atoms with Crippen molar-refractivity contribution >= 4 is 22.9 Å². The lowest BCUT2D eigenvalue weighted by atomic mass is 9.85. The number of ether oxygens (including phenoxy) is 2. The Labute approximate surface area is 218 Å². The predicted octanol–water partition coefficient (Wildman–Crippen LogP) is 3.75. The standard InChI is InChI=1S/C28H38N6O3/c1-4-21(15-35)16-36-10-7-29-27-13-28(32-20(3)31-27)34-26-12-25(19(2)11-23(26)14-30-34)22-5-8-33(9-6-22)24-17-37-18-24/h7,11-14,21-22,24,35H,4-6,8-10,15-18H2,1-3H3. The van der Waals surface area contributed by atoms with E-state index >= 15 is 0 Å². The summed E-state index contributed by atoms with van der Waals surface area (Å²) in [4.78, 5) is 16.2. The van der Waals surface area contributed by atoms with E-state index in [0.29, 0.717) is 42.6 Å². The number of aromatic nitrogens is 4. The van der Waals surface area contributed by atoms with Crippen molar-refractivity contribution in [2.45, 2.75) is 52.0 Å². The molecule has 1 unspecified atom stereocenters. The Balaban J connectivity index is 1.33. The fourth-order valence-corrected chi connectivity index (χ4v) is 5.27. The van der Waals surface area contributed by atoms with E-state index in [4.69, 9.17) is 9.47 Å². The SMILES string of the molecule is CCC(CO)COCC=Nc1cc(-n2ncc3cc(C)c(C4CCN(C5COC5)CC4)cc32)nc(C)n1. The molecule has 198 valence electrons. The van der Waals surface area contributed by atoms with Crippen LogP contribution in [-0.2, 0) is 9.47 Å². The average molecular weight is 507 g/mol. The number of hydrogen-bond donors (Lipinski definition) is 1. The van der Waals surface area contributed by atoms with E-state index < -0.39 is 0 Å². The molecule has 0 aliphatic carbocycles. The van der Waals surface area contributed by atoms with Gasteiger partial charge in [0.2, 0.25) is 0 Å². The first kappa shape index (κ1) is 25.9. The van der Waals surface area contributed by atoms with Gasteiger partial charge in [0.05, 0.1) is 44.2 Å². The topological polar surface area (TPSA) is 97.9 Å². The minimum atomic E-state index is 0.135. The number of aliphatic imine (C=N–C) groups is 1. The number of nitrogens with zero attached hydrogens (tertiary/aromatic N) is 6. The summed E-state index contributed by atoms with van der Waals surface area (Å²) >= 11 is 0. The summed E-state index contributed by atoms with van der Waals surface area (Å²) in [5.41, 5.74) is 3.79. The molecule has 9 nitrogen and oxygen atoms in total. The zero-order valence-corrected chi connectivity index (χ0v) is 22.1. The molecule has 2 saturated heterocycles. The van der Waals surface area contributed by atoms with Crippen LogP contribution in [0, 0.1) is 19.8 Å². The maximum atomic E-state index is 9.29. The van der Waals surface area contributed by atoms with Crippen molar-refractivity contribution in [3.63, 3.8) is 0 Å². The molecule has 2 aliphatic heterocycles. The number of piperidine rings is 1. The minimum Gasteiger partial charge on any atom is -0.396 e. The molecule has 1 aromatic carbocycles. The monoisotopic (exact) mass is 506 g/mol. The number of rotatable bonds is 10. The van der Waals surface area contributed by atoms with Crippen molar-refractivity contribution < 1.29 is 14.6 Å². The summed E-state index contributed by atoms with van der Waals surface area (Å²) < 4.78 is 12.9. The Morgan fingerprint density at radius 2 is 2.00 bits per heavy atom. The number of aryl methyl sites for hydroxylation is 2. The van der Waals surface area contributed by atoms with Gasteiger partial charge in [-0.3, -0.25) is 4.90 Å². The van der Waals surface area contributed by atoms with Gasteiger partial charge in [-0.1, -0.05) is 6.92 Å². The first-order chi connectivity index (χ1) is 18.1. The number of likely N-dealkylation sites (tertiary alicyclic amines) is 1. The molecule has 0 amide bonds. The zero-order valence-electron chi connectivity index (χ0n) is 22.1. The van der Waals surface area contributed by atoms with Gasteiger partial charge in [0.1, 0.15) is 5.82 Å². The molecule has 9 heteroatoms. The molecule has 4 heterocycles. The summed E-state index contributed by atoms with van der Waals surface area (Å²) in [5, 5.41) is 15.1. The molecule has 1 N–H and O–H groups in total. The third kappa shape index (κ3) is 5.90. The fourth-order valence-electron chi connectivity index (χ4n) is 5.27. The van der Waals surface area contributed by atoms with Crippen LogP contribution in [0.2, 0.25) is 0 Å². The van der Waals surface area contributed by atoms with Gasteiger partial charge in [0.15, 0.2) is 11.6 Å². The van der Waals surface area contributed by atoms with Gasteiger partial charge in [0, 0.05) is 30.2 Å². The molecule has 2 aliphatic rings. The fraction of sp³-hybridized carbons (Fsp3) is 0.571. The lowest BCUT2D eigenvalue weighted by Gasteiger charge is -2.41. The van der Waals surface area contributed by atoms with Crippen molar-refractivity contribution in [2.24, 2.45) is 10.9 Å². The second kappa shape index (κ2) is 11.8. The molecule has 0 spiro atoms. The highest BCUT2D eigenvalue weighted by atomic mass is 16.5. The number of fused-ring (bicyclic) bond motifs is 1. The van der Waals surface area contributed by atoms with Crippen molar-refractivity contribution in [1.29, 1.82) is 0 Å². The van der Waals surface area contributed by atoms with Crippen LogP contribution in [0.15, 0.2) is 29.4 Å². The second-order valence-electron chi connectivity index (χ2n) is 10.3. The second-order valence-corrected chi connectivity index (χ2v) is 10.3. The smallest absolute Gasteiger partial charge is 0.159 e. The zero-order chi connectivity index (χ0) is 25.8. The molecule has 37 heavy (non-hydrogen) atoms. The van der Waals surface area contributed by atoms with Crippen molar-refractivity contribution in [3.05, 3.63) is 41.3 Å². The number of aliphatic hydroxyl groups is 1. The van der Waals surface area contributed by atoms with Crippen LogP contribution in [0.4, 0.5) is 5.82 Å². The lowest BCUT2D eigenvalue weighted by molar-refractivity contribution is -0.0712. The van der Waals surface area contributed by atoms with Crippen LogP contribution < -0.4 is 0 Å². The van der Waals surface area contributed by atoms with E-state index in [0.717, 1.165) is 43.6 Å². The normalized spacial score (nSPS) is 18.6. The van der Waals surface area contributed by atoms with E-state index in [-0.39, 0.29) is 12.5 Å². The number of hydrogen-bond acceptors (Lipinski definition) is 8. The summed E-state index contributed by atoms with van der Waals surface area (Å²) in [6, 6.07) is 7.03. The third-order valence-corrected chi connectivity index (χ3v) is 7.70. The molecule has 1 atom stereocenters. The van der Waals surface area contributed by atoms with Crippen LogP contribution in [-0.4, -0.2) is 88.1 Å². The Morgan fingerprint density at radius 3 is 2.70 bits per heavy atom. The molecular weight excluding hydrogens is 468 g/mol. The van der Waals surface area contributed by atoms with Gasteiger partial charge in [-0.25, -0.2) is 19.6 Å². The van der Waals surface area contributed by atoms with Gasteiger partial charge in [-0.2, -0.15) is 5.10 Å². The van der Waals surface area contributed by atoms with Gasteiger partial charge < -0.3 is 14.6 Å². The highest BCUT2D eigenvalue weighted by Crippen LogP contribution is 2.34. The van der Waals surface area contributed by atoms with Crippen molar-refractivity contribution in [3.8, 4) is 5.82 Å². The third-order valence-electron chi connectivity index (χ3n) is 7.70. The van der Waals surface area contributed by atoms with Crippen LogP contribution in [0.5, 0.6) is 0 Å².